The zero-order valence-corrected chi connectivity index (χ0v) is 15.5. The lowest BCUT2D eigenvalue weighted by Gasteiger charge is -2.26. The van der Waals surface area contributed by atoms with Gasteiger partial charge in [-0.05, 0) is 31.0 Å². The number of methoxy groups -OCH3 is 2. The maximum absolute atomic E-state index is 13.0. The summed E-state index contributed by atoms with van der Waals surface area (Å²) in [6.45, 7) is 3.60. The quantitative estimate of drug-likeness (QED) is 0.672. The third-order valence-corrected chi connectivity index (χ3v) is 4.41. The van der Waals surface area contributed by atoms with Gasteiger partial charge in [0.05, 0.1) is 13.7 Å². The molecule has 26 heavy (non-hydrogen) atoms. The first-order valence-corrected chi connectivity index (χ1v) is 8.44. The predicted molar refractivity (Wildman–Crippen MR) is 94.7 cm³/mol. The number of imide groups is 1. The predicted octanol–water partition coefficient (Wildman–Crippen LogP) is 1.00. The van der Waals surface area contributed by atoms with Gasteiger partial charge < -0.3 is 20.1 Å². The first kappa shape index (κ1) is 19.7. The SMILES string of the molecule is CC[C@]1(c2ccc(OC)cc2)NC(=O)N(CC(=O)N[C@@H](C)COC)C1=O. The molecule has 2 rings (SSSR count). The highest BCUT2D eigenvalue weighted by Crippen LogP contribution is 2.33. The Kier molecular flexibility index (Phi) is 6.20. The van der Waals surface area contributed by atoms with Gasteiger partial charge in [-0.2, -0.15) is 0 Å². The number of urea groups is 1. The average Bonchev–Trinajstić information content (AvgIpc) is 2.87. The summed E-state index contributed by atoms with van der Waals surface area (Å²) in [6.07, 6.45) is 0.363. The van der Waals surface area contributed by atoms with Crippen molar-refractivity contribution in [1.29, 1.82) is 0 Å². The van der Waals surface area contributed by atoms with Crippen LogP contribution in [-0.4, -0.2) is 56.2 Å². The van der Waals surface area contributed by atoms with Crippen LogP contribution in [0, 0.1) is 0 Å². The Morgan fingerprint density at radius 2 is 1.92 bits per heavy atom. The lowest BCUT2D eigenvalue weighted by molar-refractivity contribution is -0.135. The summed E-state index contributed by atoms with van der Waals surface area (Å²) >= 11 is 0. The molecular formula is C18H25N3O5. The maximum atomic E-state index is 13.0. The summed E-state index contributed by atoms with van der Waals surface area (Å²) in [6, 6.07) is 6.14. The van der Waals surface area contributed by atoms with Crippen LogP contribution in [0.25, 0.3) is 0 Å². The molecule has 1 aliphatic heterocycles. The van der Waals surface area contributed by atoms with Gasteiger partial charge in [0.25, 0.3) is 5.91 Å². The van der Waals surface area contributed by atoms with E-state index in [0.717, 1.165) is 4.90 Å². The van der Waals surface area contributed by atoms with Crippen molar-refractivity contribution >= 4 is 17.8 Å². The molecule has 0 aliphatic carbocycles. The first-order chi connectivity index (χ1) is 12.4. The van der Waals surface area contributed by atoms with Crippen molar-refractivity contribution in [2.75, 3.05) is 27.4 Å². The lowest BCUT2D eigenvalue weighted by atomic mass is 9.87. The Balaban J connectivity index is 2.18. The van der Waals surface area contributed by atoms with E-state index in [2.05, 4.69) is 10.6 Å². The summed E-state index contributed by atoms with van der Waals surface area (Å²) in [7, 11) is 3.09. The minimum Gasteiger partial charge on any atom is -0.497 e. The molecule has 2 N–H and O–H groups in total. The molecule has 8 heteroatoms. The summed E-state index contributed by atoms with van der Waals surface area (Å²) in [5.74, 6) is -0.204. The van der Waals surface area contributed by atoms with Crippen LogP contribution in [-0.2, 0) is 19.9 Å². The van der Waals surface area contributed by atoms with Crippen molar-refractivity contribution in [1.82, 2.24) is 15.5 Å². The monoisotopic (exact) mass is 363 g/mol. The van der Waals surface area contributed by atoms with Gasteiger partial charge in [-0.15, -0.1) is 0 Å². The van der Waals surface area contributed by atoms with Gasteiger partial charge in [0.1, 0.15) is 17.8 Å². The van der Waals surface area contributed by atoms with Crippen LogP contribution < -0.4 is 15.4 Å². The van der Waals surface area contributed by atoms with Crippen LogP contribution in [0.2, 0.25) is 0 Å². The van der Waals surface area contributed by atoms with Crippen LogP contribution in [0.1, 0.15) is 25.8 Å². The second-order valence-electron chi connectivity index (χ2n) is 6.23. The van der Waals surface area contributed by atoms with Crippen molar-refractivity contribution in [3.8, 4) is 5.75 Å². The van der Waals surface area contributed by atoms with E-state index in [1.807, 2.05) is 6.92 Å². The van der Waals surface area contributed by atoms with E-state index in [0.29, 0.717) is 24.3 Å². The maximum Gasteiger partial charge on any atom is 0.325 e. The number of rotatable bonds is 8. The Morgan fingerprint density at radius 3 is 2.46 bits per heavy atom. The molecule has 1 saturated heterocycles. The number of carbonyl (C=O) groups excluding carboxylic acids is 3. The largest absolute Gasteiger partial charge is 0.497 e. The van der Waals surface area contributed by atoms with Crippen LogP contribution >= 0.6 is 0 Å². The number of nitrogens with zero attached hydrogens (tertiary/aromatic N) is 1. The number of hydrogen-bond donors (Lipinski definition) is 2. The van der Waals surface area contributed by atoms with E-state index in [4.69, 9.17) is 9.47 Å². The van der Waals surface area contributed by atoms with E-state index in [9.17, 15) is 14.4 Å². The third kappa shape index (κ3) is 3.80. The molecule has 0 saturated carbocycles. The number of benzene rings is 1. The zero-order valence-electron chi connectivity index (χ0n) is 15.5. The van der Waals surface area contributed by atoms with Crippen molar-refractivity contribution in [3.05, 3.63) is 29.8 Å². The van der Waals surface area contributed by atoms with E-state index in [-0.39, 0.29) is 12.6 Å². The molecule has 8 nitrogen and oxygen atoms in total. The molecule has 0 bridgehead atoms. The van der Waals surface area contributed by atoms with Gasteiger partial charge in [-0.3, -0.25) is 14.5 Å². The highest BCUT2D eigenvalue weighted by Gasteiger charge is 2.51. The highest BCUT2D eigenvalue weighted by atomic mass is 16.5. The molecule has 2 atom stereocenters. The Bertz CT molecular complexity index is 676. The van der Waals surface area contributed by atoms with Gasteiger partial charge in [0.15, 0.2) is 0 Å². The summed E-state index contributed by atoms with van der Waals surface area (Å²) in [4.78, 5) is 38.4. The second kappa shape index (κ2) is 8.18. The van der Waals surface area contributed by atoms with Gasteiger partial charge in [-0.25, -0.2) is 4.79 Å². The number of amides is 4. The molecule has 0 aromatic heterocycles. The fraction of sp³-hybridized carbons (Fsp3) is 0.500. The number of hydrogen-bond acceptors (Lipinski definition) is 5. The second-order valence-corrected chi connectivity index (χ2v) is 6.23. The van der Waals surface area contributed by atoms with E-state index in [1.54, 1.807) is 38.3 Å². The molecule has 1 heterocycles. The molecule has 142 valence electrons. The number of carbonyl (C=O) groups is 3. The molecule has 0 radical (unpaired) electrons. The molecule has 4 amide bonds. The van der Waals surface area contributed by atoms with Crippen LogP contribution in [0.3, 0.4) is 0 Å². The standard InChI is InChI=1S/C18H25N3O5/c1-5-18(13-6-8-14(26-4)9-7-13)16(23)21(17(24)20-18)10-15(22)19-12(2)11-25-3/h6-9,12H,5,10-11H2,1-4H3,(H,19,22)(H,20,24)/t12-,18+/m0/s1. The Labute approximate surface area is 152 Å². The van der Waals surface area contributed by atoms with Gasteiger partial charge in [-0.1, -0.05) is 19.1 Å². The molecule has 0 spiro atoms. The summed E-state index contributed by atoms with van der Waals surface area (Å²) in [5, 5.41) is 5.44. The number of nitrogens with one attached hydrogen (secondary N) is 2. The van der Waals surface area contributed by atoms with E-state index < -0.39 is 23.4 Å². The normalized spacial score (nSPS) is 20.7. The Hall–Kier alpha value is -2.61. The van der Waals surface area contributed by atoms with Crippen molar-refractivity contribution in [2.45, 2.75) is 31.8 Å². The minimum absolute atomic E-state index is 0.217. The molecule has 1 aliphatic rings. The molecule has 1 aromatic carbocycles. The van der Waals surface area contributed by atoms with Crippen molar-refractivity contribution in [2.24, 2.45) is 0 Å². The smallest absolute Gasteiger partial charge is 0.325 e. The van der Waals surface area contributed by atoms with Crippen LogP contribution in [0.4, 0.5) is 4.79 Å². The summed E-state index contributed by atoms with van der Waals surface area (Å²) in [5.41, 5.74) is -0.531. The minimum atomic E-state index is -1.18. The lowest BCUT2D eigenvalue weighted by Crippen LogP contribution is -2.46. The van der Waals surface area contributed by atoms with Gasteiger partial charge >= 0.3 is 6.03 Å². The van der Waals surface area contributed by atoms with Crippen molar-refractivity contribution in [3.63, 3.8) is 0 Å². The molecule has 0 unspecified atom stereocenters. The summed E-state index contributed by atoms with van der Waals surface area (Å²) < 4.78 is 10.1. The van der Waals surface area contributed by atoms with Gasteiger partial charge in [0, 0.05) is 13.2 Å². The highest BCUT2D eigenvalue weighted by molar-refractivity contribution is 6.09. The molecular weight excluding hydrogens is 338 g/mol. The zero-order chi connectivity index (χ0) is 19.3. The van der Waals surface area contributed by atoms with Gasteiger partial charge in [0.2, 0.25) is 5.91 Å². The van der Waals surface area contributed by atoms with E-state index in [1.165, 1.54) is 7.11 Å². The van der Waals surface area contributed by atoms with Crippen molar-refractivity contribution < 1.29 is 23.9 Å². The molecule has 1 aromatic rings. The fourth-order valence-corrected chi connectivity index (χ4v) is 3.04. The van der Waals surface area contributed by atoms with Crippen LogP contribution in [0.15, 0.2) is 24.3 Å². The van der Waals surface area contributed by atoms with E-state index >= 15 is 0 Å². The third-order valence-electron chi connectivity index (χ3n) is 4.41. The first-order valence-electron chi connectivity index (χ1n) is 8.44. The average molecular weight is 363 g/mol. The fourth-order valence-electron chi connectivity index (χ4n) is 3.04. The topological polar surface area (TPSA) is 97.0 Å². The molecule has 1 fully saturated rings. The van der Waals surface area contributed by atoms with Crippen LogP contribution in [0.5, 0.6) is 5.75 Å². The Morgan fingerprint density at radius 1 is 1.27 bits per heavy atom. The number of ether oxygens (including phenoxy) is 2.